The van der Waals surface area contributed by atoms with Gasteiger partial charge in [-0.2, -0.15) is 4.98 Å². The summed E-state index contributed by atoms with van der Waals surface area (Å²) in [7, 11) is -3.25. The Labute approximate surface area is 425 Å². The molecule has 5 aliphatic rings. The van der Waals surface area contributed by atoms with Crippen LogP contribution >= 0.6 is 0 Å². The number of hydrogen-bond donors (Lipinski definition) is 4. The molecule has 3 aliphatic heterocycles. The minimum Gasteiger partial charge on any atom is -0.489 e. The molecular formula is C54H66FN7O10S. The maximum atomic E-state index is 15.1. The van der Waals surface area contributed by atoms with Gasteiger partial charge in [0.15, 0.2) is 17.2 Å². The van der Waals surface area contributed by atoms with Gasteiger partial charge in [0.1, 0.15) is 30.4 Å². The average molecular weight is 1020 g/mol. The third kappa shape index (κ3) is 10.3. The lowest BCUT2D eigenvalue weighted by Gasteiger charge is -2.57. The van der Waals surface area contributed by atoms with Crippen molar-refractivity contribution < 1.29 is 46.6 Å². The number of ether oxygens (including phenoxy) is 4. The molecule has 2 saturated heterocycles. The number of aromatic amines is 1. The van der Waals surface area contributed by atoms with Crippen LogP contribution in [0, 0.1) is 27.3 Å². The van der Waals surface area contributed by atoms with E-state index in [1.54, 1.807) is 26.0 Å². The zero-order valence-corrected chi connectivity index (χ0v) is 42.9. The van der Waals surface area contributed by atoms with Crippen LogP contribution in [0.1, 0.15) is 119 Å². The summed E-state index contributed by atoms with van der Waals surface area (Å²) in [4.78, 5) is 37.8. The maximum absolute atomic E-state index is 15.1. The second-order valence-electron chi connectivity index (χ2n) is 21.6. The number of hydrogen-bond acceptors (Lipinski definition) is 14. The van der Waals surface area contributed by atoms with Crippen LogP contribution in [-0.4, -0.2) is 110 Å². The van der Waals surface area contributed by atoms with Gasteiger partial charge < -0.3 is 39.3 Å². The monoisotopic (exact) mass is 1020 g/mol. The van der Waals surface area contributed by atoms with Crippen molar-refractivity contribution in [2.75, 3.05) is 56.7 Å². The van der Waals surface area contributed by atoms with E-state index in [9.17, 15) is 28.4 Å². The van der Waals surface area contributed by atoms with Crippen LogP contribution in [0.3, 0.4) is 0 Å². The molecule has 5 aromatic rings. The number of carbonyl (C=O) groups excluding carboxylic acids is 1. The number of piperidine rings is 1. The van der Waals surface area contributed by atoms with E-state index >= 15 is 4.39 Å². The highest BCUT2D eigenvalue weighted by atomic mass is 32.2. The molecule has 0 bridgehead atoms. The summed E-state index contributed by atoms with van der Waals surface area (Å²) in [6.45, 7) is 11.9. The number of H-pyrrole nitrogens is 1. The third-order valence-electron chi connectivity index (χ3n) is 16.3. The molecule has 5 heterocycles. The van der Waals surface area contributed by atoms with Crippen molar-refractivity contribution in [1.29, 1.82) is 0 Å². The number of nitro benzene ring substituents is 1. The van der Waals surface area contributed by atoms with E-state index in [0.717, 1.165) is 63.0 Å². The molecule has 2 saturated carbocycles. The van der Waals surface area contributed by atoms with Crippen molar-refractivity contribution in [2.45, 2.75) is 126 Å². The number of halogens is 1. The van der Waals surface area contributed by atoms with Gasteiger partial charge in [0.25, 0.3) is 27.5 Å². The van der Waals surface area contributed by atoms with E-state index in [1.807, 2.05) is 0 Å². The fourth-order valence-electron chi connectivity index (χ4n) is 11.9. The second-order valence-corrected chi connectivity index (χ2v) is 23.3. The number of benzene rings is 3. The predicted octanol–water partition coefficient (Wildman–Crippen LogP) is 9.41. The molecule has 0 radical (unpaired) electrons. The second kappa shape index (κ2) is 20.0. The van der Waals surface area contributed by atoms with E-state index in [1.165, 1.54) is 49.6 Å². The first-order valence-corrected chi connectivity index (χ1v) is 27.1. The van der Waals surface area contributed by atoms with Crippen LogP contribution in [0.2, 0.25) is 0 Å². The number of nitro groups is 1. The number of rotatable bonds is 15. The zero-order chi connectivity index (χ0) is 51.4. The number of carbonyl (C=O) groups is 1. The summed E-state index contributed by atoms with van der Waals surface area (Å²) in [6, 6.07) is 17.5. The van der Waals surface area contributed by atoms with E-state index in [-0.39, 0.29) is 82.1 Å². The van der Waals surface area contributed by atoms with Gasteiger partial charge >= 0.3 is 0 Å². The summed E-state index contributed by atoms with van der Waals surface area (Å²) in [5.41, 5.74) is 2.60. The van der Waals surface area contributed by atoms with E-state index in [2.05, 4.69) is 67.9 Å². The van der Waals surface area contributed by atoms with Gasteiger partial charge in [-0.3, -0.25) is 19.8 Å². The Morgan fingerprint density at radius 1 is 1.03 bits per heavy atom. The van der Waals surface area contributed by atoms with Crippen molar-refractivity contribution in [3.8, 4) is 23.1 Å². The highest BCUT2D eigenvalue weighted by Gasteiger charge is 2.49. The molecule has 4 fully saturated rings. The van der Waals surface area contributed by atoms with Gasteiger partial charge in [0.05, 0.1) is 38.5 Å². The number of sulfonamides is 1. The molecule has 3 aromatic carbocycles. The molecule has 2 aromatic heterocycles. The number of methoxy groups -OCH3 is 1. The van der Waals surface area contributed by atoms with Gasteiger partial charge in [0, 0.05) is 75.5 Å². The molecule has 4 N–H and O–H groups in total. The molecule has 1 unspecified atom stereocenters. The number of pyridine rings is 1. The van der Waals surface area contributed by atoms with Crippen molar-refractivity contribution in [1.82, 2.24) is 19.6 Å². The fraction of sp³-hybridized carbons (Fsp3) is 0.519. The number of anilines is 2. The Balaban J connectivity index is 0.904. The first-order valence-electron chi connectivity index (χ1n) is 25.6. The number of nitrogens with one attached hydrogen (secondary N) is 3. The van der Waals surface area contributed by atoms with E-state index in [0.29, 0.717) is 43.6 Å². The van der Waals surface area contributed by atoms with Gasteiger partial charge in [-0.1, -0.05) is 44.5 Å². The Morgan fingerprint density at radius 3 is 2.51 bits per heavy atom. The fourth-order valence-corrected chi connectivity index (χ4v) is 12.9. The first kappa shape index (κ1) is 50.5. The number of aromatic nitrogens is 2. The molecule has 19 heteroatoms. The van der Waals surface area contributed by atoms with Crippen molar-refractivity contribution in [3.63, 3.8) is 0 Å². The van der Waals surface area contributed by atoms with Crippen LogP contribution < -0.4 is 29.1 Å². The van der Waals surface area contributed by atoms with Crippen LogP contribution in [0.15, 0.2) is 71.8 Å². The van der Waals surface area contributed by atoms with Gasteiger partial charge in [-0.05, 0) is 112 Å². The molecule has 73 heavy (non-hydrogen) atoms. The van der Waals surface area contributed by atoms with Crippen molar-refractivity contribution in [2.24, 2.45) is 11.3 Å². The Hall–Kier alpha value is -6.02. The molecule has 10 rings (SSSR count). The smallest absolute Gasteiger partial charge is 0.297 e. The quantitative estimate of drug-likeness (QED) is 0.0569. The molecule has 4 atom stereocenters. The Kier molecular flexibility index (Phi) is 13.8. The van der Waals surface area contributed by atoms with Crippen molar-refractivity contribution >= 4 is 44.0 Å². The lowest BCUT2D eigenvalue weighted by molar-refractivity contribution is -0.384. The van der Waals surface area contributed by atoms with E-state index < -0.39 is 42.9 Å². The molecule has 390 valence electrons. The summed E-state index contributed by atoms with van der Waals surface area (Å²) < 4.78 is 69.4. The minimum atomic E-state index is -4.78. The SMILES string of the molecule is CO[C@H](C)COc1nc2[nH]cc(F)c2cc1Oc1cc(N2CCC3(CC2)CN(C2CCC[C@@H]2c2ccccc2C(C)C)C3)ccc1C(=O)NS(=O)(=O)c1cc2c(c([N+](=O)[O-])c1)N[C@@H]([C@H]1CC[C@](C)(O)CC1)CO2. The van der Waals surface area contributed by atoms with E-state index in [4.69, 9.17) is 18.9 Å². The normalized spacial score (nSPS) is 24.4. The largest absolute Gasteiger partial charge is 0.489 e. The van der Waals surface area contributed by atoms with Crippen LogP contribution in [0.5, 0.6) is 23.1 Å². The van der Waals surface area contributed by atoms with Gasteiger partial charge in [-0.15, -0.1) is 0 Å². The molecular weight excluding hydrogens is 958 g/mol. The van der Waals surface area contributed by atoms with Crippen LogP contribution in [0.25, 0.3) is 11.0 Å². The zero-order valence-electron chi connectivity index (χ0n) is 42.1. The standard InChI is InChI=1S/C54H66FN7O10S/c1-32(2)37-9-6-7-10-38(37)39-11-8-12-44(39)61-30-54(31-61)19-21-60(22-20-54)35-13-14-40(46(23-35)72-48-26-41-42(55)27-56-50(41)58-52(48)71-28-33(3)69-5)51(63)59-73(67,68)36-24-45(62(65)66)49-47(25-36)70-29-43(57-49)34-15-17-53(4,64)18-16-34/h6-7,9-10,13-14,23-27,32-34,39,43-44,57,64H,8,11-12,15-22,28-31H2,1-5H3,(H,56,58)(H,59,63)/t33-,34-,39-,43-,44?,53-/m1/s1. The topological polar surface area (TPSA) is 211 Å². The Morgan fingerprint density at radius 2 is 1.78 bits per heavy atom. The van der Waals surface area contributed by atoms with Crippen molar-refractivity contribution in [3.05, 3.63) is 99.5 Å². The number of aliphatic hydroxyl groups is 1. The average Bonchev–Trinajstić information content (AvgIpc) is 4.00. The summed E-state index contributed by atoms with van der Waals surface area (Å²) >= 11 is 0. The van der Waals surface area contributed by atoms with Crippen LogP contribution in [-0.2, 0) is 14.8 Å². The summed E-state index contributed by atoms with van der Waals surface area (Å²) in [5, 5.41) is 26.3. The molecule has 17 nitrogen and oxygen atoms in total. The Bertz CT molecular complexity index is 2990. The highest BCUT2D eigenvalue weighted by Crippen LogP contribution is 2.50. The molecule has 1 amide bonds. The van der Waals surface area contributed by atoms with Gasteiger partial charge in [0.2, 0.25) is 0 Å². The molecule has 1 spiro atoms. The molecule has 2 aliphatic carbocycles. The summed E-state index contributed by atoms with van der Waals surface area (Å²) in [6.07, 6.45) is 8.87. The lowest BCUT2D eigenvalue weighted by Crippen LogP contribution is -2.63. The number of amides is 1. The predicted molar refractivity (Wildman–Crippen MR) is 274 cm³/mol. The third-order valence-corrected chi connectivity index (χ3v) is 17.6. The number of likely N-dealkylation sites (tertiary alicyclic amines) is 1. The number of nitrogens with zero attached hydrogens (tertiary/aromatic N) is 4. The minimum absolute atomic E-state index is 0.0261. The first-order chi connectivity index (χ1) is 34.9. The lowest BCUT2D eigenvalue weighted by atomic mass is 9.70. The highest BCUT2D eigenvalue weighted by molar-refractivity contribution is 7.90. The van der Waals surface area contributed by atoms with Crippen LogP contribution in [0.4, 0.5) is 21.5 Å². The number of fused-ring (bicyclic) bond motifs is 2. The summed E-state index contributed by atoms with van der Waals surface area (Å²) in [5.74, 6) is -0.777. The van der Waals surface area contributed by atoms with Gasteiger partial charge in [-0.25, -0.2) is 17.5 Å². The maximum Gasteiger partial charge on any atom is 0.297 e.